The number of carbonyl (C=O) groups excluding carboxylic acids is 1. The van der Waals surface area contributed by atoms with Crippen LogP contribution in [0, 0.1) is 5.82 Å². The van der Waals surface area contributed by atoms with Crippen LogP contribution in [0.25, 0.3) is 11.0 Å². The van der Waals surface area contributed by atoms with Crippen molar-refractivity contribution >= 4 is 38.6 Å². The number of anilines is 1. The zero-order valence-corrected chi connectivity index (χ0v) is 15.2. The number of hydrogen-bond acceptors (Lipinski definition) is 4. The number of fused-ring (bicyclic) bond motifs is 1. The molecule has 0 saturated heterocycles. The second-order valence-electron chi connectivity index (χ2n) is 5.73. The third-order valence-electron chi connectivity index (χ3n) is 3.46. The number of halogens is 2. The highest BCUT2D eigenvalue weighted by Crippen LogP contribution is 2.22. The first-order chi connectivity index (χ1) is 11.9. The molecule has 0 aliphatic carbocycles. The largest absolute Gasteiger partial charge is 0.481 e. The molecule has 25 heavy (non-hydrogen) atoms. The van der Waals surface area contributed by atoms with Gasteiger partial charge in [-0.3, -0.25) is 4.79 Å². The van der Waals surface area contributed by atoms with Gasteiger partial charge < -0.3 is 10.1 Å². The number of carbonyl (C=O) groups is 1. The smallest absolute Gasteiger partial charge is 0.262 e. The normalized spacial score (nSPS) is 11.1. The van der Waals surface area contributed by atoms with Gasteiger partial charge in [-0.25, -0.2) is 14.1 Å². The molecule has 1 amide bonds. The van der Waals surface area contributed by atoms with Crippen molar-refractivity contribution in [3.63, 3.8) is 0 Å². The fraction of sp³-hybridized carbons (Fsp3) is 0.235. The highest BCUT2D eigenvalue weighted by atomic mass is 79.9. The number of amides is 1. The van der Waals surface area contributed by atoms with E-state index < -0.39 is 11.7 Å². The molecule has 0 fully saturated rings. The molecule has 8 heteroatoms. The fourth-order valence-corrected chi connectivity index (χ4v) is 2.65. The van der Waals surface area contributed by atoms with Crippen molar-refractivity contribution < 1.29 is 13.9 Å². The van der Waals surface area contributed by atoms with Crippen molar-refractivity contribution in [3.05, 3.63) is 46.9 Å². The predicted octanol–water partition coefficient (Wildman–Crippen LogP) is 3.93. The molecular weight excluding hydrogens is 391 g/mol. The quantitative estimate of drug-likeness (QED) is 0.696. The first kappa shape index (κ1) is 17.3. The Bertz CT molecular complexity index is 926. The van der Waals surface area contributed by atoms with E-state index in [0.29, 0.717) is 10.2 Å². The van der Waals surface area contributed by atoms with E-state index in [-0.39, 0.29) is 18.4 Å². The van der Waals surface area contributed by atoms with Crippen LogP contribution in [0.4, 0.5) is 10.1 Å². The molecule has 2 heterocycles. The van der Waals surface area contributed by atoms with Crippen molar-refractivity contribution in [3.8, 4) is 5.75 Å². The Balaban J connectivity index is 1.65. The second-order valence-corrected chi connectivity index (χ2v) is 6.65. The van der Waals surface area contributed by atoms with Gasteiger partial charge >= 0.3 is 0 Å². The lowest BCUT2D eigenvalue weighted by Gasteiger charge is -2.09. The first-order valence-corrected chi connectivity index (χ1v) is 8.44. The van der Waals surface area contributed by atoms with Crippen LogP contribution in [-0.2, 0) is 4.79 Å². The predicted molar refractivity (Wildman–Crippen MR) is 96.1 cm³/mol. The molecule has 6 nitrogen and oxygen atoms in total. The monoisotopic (exact) mass is 406 g/mol. The third kappa shape index (κ3) is 3.96. The molecule has 0 atom stereocenters. The van der Waals surface area contributed by atoms with Crippen molar-refractivity contribution in [2.75, 3.05) is 11.9 Å². The molecule has 3 rings (SSSR count). The van der Waals surface area contributed by atoms with Gasteiger partial charge in [0.15, 0.2) is 23.8 Å². The molecule has 0 saturated carbocycles. The number of nitrogens with one attached hydrogen (secondary N) is 1. The van der Waals surface area contributed by atoms with Crippen molar-refractivity contribution in [2.45, 2.75) is 19.9 Å². The Kier molecular flexibility index (Phi) is 4.98. The van der Waals surface area contributed by atoms with Crippen molar-refractivity contribution in [1.82, 2.24) is 14.8 Å². The molecule has 0 radical (unpaired) electrons. The highest BCUT2D eigenvalue weighted by molar-refractivity contribution is 9.10. The van der Waals surface area contributed by atoms with E-state index in [1.54, 1.807) is 29.2 Å². The van der Waals surface area contributed by atoms with Gasteiger partial charge in [-0.15, -0.1) is 0 Å². The van der Waals surface area contributed by atoms with Gasteiger partial charge in [0.05, 0.1) is 18.1 Å². The van der Waals surface area contributed by atoms with Gasteiger partial charge in [0, 0.05) is 15.9 Å². The zero-order chi connectivity index (χ0) is 18.0. The Hall–Kier alpha value is -2.48. The van der Waals surface area contributed by atoms with Crippen molar-refractivity contribution in [1.29, 1.82) is 0 Å². The van der Waals surface area contributed by atoms with Crippen LogP contribution < -0.4 is 10.1 Å². The van der Waals surface area contributed by atoms with Crippen LogP contribution in [0.5, 0.6) is 5.75 Å². The summed E-state index contributed by atoms with van der Waals surface area (Å²) in [7, 11) is 0. The summed E-state index contributed by atoms with van der Waals surface area (Å²) in [5.74, 6) is -0.920. The highest BCUT2D eigenvalue weighted by Gasteiger charge is 2.11. The lowest BCUT2D eigenvalue weighted by atomic mass is 10.3. The summed E-state index contributed by atoms with van der Waals surface area (Å²) in [6, 6.07) is 6.35. The topological polar surface area (TPSA) is 69.0 Å². The standard InChI is InChI=1S/C17H16BrFN4O2/c1-10(2)23-17-11(7-21-23)5-13(8-20-17)22-16(24)9-25-15-4-3-12(18)6-14(15)19/h3-8,10H,9H2,1-2H3,(H,22,24). The molecule has 0 aliphatic heterocycles. The Labute approximate surface area is 152 Å². The maximum atomic E-state index is 13.7. The molecule has 1 aromatic carbocycles. The summed E-state index contributed by atoms with van der Waals surface area (Å²) in [5.41, 5.74) is 1.28. The van der Waals surface area contributed by atoms with Gasteiger partial charge in [0.1, 0.15) is 0 Å². The van der Waals surface area contributed by atoms with Crippen LogP contribution in [-0.4, -0.2) is 27.3 Å². The summed E-state index contributed by atoms with van der Waals surface area (Å²) in [6.07, 6.45) is 3.26. The summed E-state index contributed by atoms with van der Waals surface area (Å²) < 4.78 is 21.3. The number of rotatable bonds is 5. The number of hydrogen-bond donors (Lipinski definition) is 1. The number of ether oxygens (including phenoxy) is 1. The SMILES string of the molecule is CC(C)n1ncc2cc(NC(=O)COc3ccc(Br)cc3F)cnc21. The molecule has 3 aromatic rings. The van der Waals surface area contributed by atoms with E-state index in [1.165, 1.54) is 12.1 Å². The van der Waals surface area contributed by atoms with Crippen LogP contribution in [0.1, 0.15) is 19.9 Å². The Morgan fingerprint density at radius 3 is 2.88 bits per heavy atom. The van der Waals surface area contributed by atoms with Crippen molar-refractivity contribution in [2.24, 2.45) is 0 Å². The summed E-state index contributed by atoms with van der Waals surface area (Å²) in [5, 5.41) is 7.78. The van der Waals surface area contributed by atoms with Crippen LogP contribution in [0.15, 0.2) is 41.1 Å². The van der Waals surface area contributed by atoms with Gasteiger partial charge in [0.25, 0.3) is 5.91 Å². The lowest BCUT2D eigenvalue weighted by Crippen LogP contribution is -2.20. The fourth-order valence-electron chi connectivity index (χ4n) is 2.32. The van der Waals surface area contributed by atoms with E-state index >= 15 is 0 Å². The Morgan fingerprint density at radius 2 is 2.16 bits per heavy atom. The maximum absolute atomic E-state index is 13.7. The zero-order valence-electron chi connectivity index (χ0n) is 13.7. The molecule has 0 unspecified atom stereocenters. The van der Waals surface area contributed by atoms with Crippen LogP contribution in [0.2, 0.25) is 0 Å². The van der Waals surface area contributed by atoms with Gasteiger partial charge in [-0.1, -0.05) is 15.9 Å². The van der Waals surface area contributed by atoms with Crippen LogP contribution >= 0.6 is 15.9 Å². The van der Waals surface area contributed by atoms with E-state index in [0.717, 1.165) is 11.0 Å². The van der Waals surface area contributed by atoms with Gasteiger partial charge in [-0.05, 0) is 38.1 Å². The van der Waals surface area contributed by atoms with E-state index in [2.05, 4.69) is 31.3 Å². The maximum Gasteiger partial charge on any atom is 0.262 e. The first-order valence-electron chi connectivity index (χ1n) is 7.65. The second kappa shape index (κ2) is 7.18. The van der Waals surface area contributed by atoms with E-state index in [4.69, 9.17) is 4.74 Å². The summed E-state index contributed by atoms with van der Waals surface area (Å²) in [4.78, 5) is 16.3. The molecule has 2 aromatic heterocycles. The number of aromatic nitrogens is 3. The minimum Gasteiger partial charge on any atom is -0.481 e. The minimum absolute atomic E-state index is 0.0186. The molecule has 0 bridgehead atoms. The average molecular weight is 407 g/mol. The third-order valence-corrected chi connectivity index (χ3v) is 3.95. The van der Waals surface area contributed by atoms with E-state index in [1.807, 2.05) is 13.8 Å². The summed E-state index contributed by atoms with van der Waals surface area (Å²) >= 11 is 3.16. The van der Waals surface area contributed by atoms with Gasteiger partial charge in [0.2, 0.25) is 0 Å². The number of pyridine rings is 1. The molecule has 1 N–H and O–H groups in total. The van der Waals surface area contributed by atoms with Gasteiger partial charge in [-0.2, -0.15) is 5.10 Å². The van der Waals surface area contributed by atoms with E-state index in [9.17, 15) is 9.18 Å². The molecule has 0 spiro atoms. The minimum atomic E-state index is -0.536. The van der Waals surface area contributed by atoms with Crippen LogP contribution in [0.3, 0.4) is 0 Å². The molecular formula is C17H16BrFN4O2. The number of benzene rings is 1. The molecule has 130 valence electrons. The lowest BCUT2D eigenvalue weighted by molar-refractivity contribution is -0.118. The summed E-state index contributed by atoms with van der Waals surface area (Å²) in [6.45, 7) is 3.73. The molecule has 0 aliphatic rings. The average Bonchev–Trinajstić information content (AvgIpc) is 2.97. The number of nitrogens with zero attached hydrogens (tertiary/aromatic N) is 3. The Morgan fingerprint density at radius 1 is 1.36 bits per heavy atom.